The molecular weight excluding hydrogens is 165 g/mol. The highest BCUT2D eigenvalue weighted by Gasteiger charge is 2.00. The van der Waals surface area contributed by atoms with Gasteiger partial charge in [-0.15, -0.1) is 5.92 Å². The van der Waals surface area contributed by atoms with Gasteiger partial charge in [0.2, 0.25) is 0 Å². The van der Waals surface area contributed by atoms with Crippen molar-refractivity contribution >= 4 is 0 Å². The second-order valence-corrected chi connectivity index (χ2v) is 2.71. The van der Waals surface area contributed by atoms with Crippen molar-refractivity contribution in [3.63, 3.8) is 0 Å². The Bertz CT molecular complexity index is 347. The van der Waals surface area contributed by atoms with Crippen molar-refractivity contribution in [2.24, 2.45) is 0 Å². The van der Waals surface area contributed by atoms with Gasteiger partial charge >= 0.3 is 0 Å². The molecule has 1 aromatic carbocycles. The van der Waals surface area contributed by atoms with Gasteiger partial charge in [0, 0.05) is 17.7 Å². The summed E-state index contributed by atoms with van der Waals surface area (Å²) in [4.78, 5) is 0. The van der Waals surface area contributed by atoms with Crippen LogP contribution in [0, 0.1) is 17.7 Å². The maximum Gasteiger partial charge on any atom is 0.128 e. The number of halogens is 1. The van der Waals surface area contributed by atoms with E-state index >= 15 is 0 Å². The molecule has 0 spiro atoms. The lowest BCUT2D eigenvalue weighted by Gasteiger charge is -2.01. The standard InChI is InChI=1S/C11H12FN/c1-3-4-9-5-6-10(8-13-2)11(12)7-9/h5-7,13H,8H2,1-2H3. The lowest BCUT2D eigenvalue weighted by atomic mass is 10.1. The van der Waals surface area contributed by atoms with Crippen LogP contribution in [-0.2, 0) is 6.54 Å². The molecule has 0 aliphatic heterocycles. The van der Waals surface area contributed by atoms with Gasteiger partial charge in [-0.1, -0.05) is 12.0 Å². The van der Waals surface area contributed by atoms with Crippen LogP contribution in [0.15, 0.2) is 18.2 Å². The van der Waals surface area contributed by atoms with Crippen LogP contribution >= 0.6 is 0 Å². The number of nitrogens with one attached hydrogen (secondary N) is 1. The summed E-state index contributed by atoms with van der Waals surface area (Å²) in [7, 11) is 1.79. The fourth-order valence-electron chi connectivity index (χ4n) is 1.10. The molecule has 0 aliphatic rings. The first-order valence-corrected chi connectivity index (χ1v) is 4.13. The minimum atomic E-state index is -0.199. The summed E-state index contributed by atoms with van der Waals surface area (Å²) in [6.07, 6.45) is 0. The lowest BCUT2D eigenvalue weighted by molar-refractivity contribution is 0.600. The third-order valence-corrected chi connectivity index (χ3v) is 1.69. The summed E-state index contributed by atoms with van der Waals surface area (Å²) in [5.74, 6) is 5.34. The summed E-state index contributed by atoms with van der Waals surface area (Å²) in [5, 5.41) is 2.90. The van der Waals surface area contributed by atoms with Gasteiger partial charge in [0.15, 0.2) is 0 Å². The van der Waals surface area contributed by atoms with Gasteiger partial charge in [0.1, 0.15) is 5.82 Å². The zero-order chi connectivity index (χ0) is 9.68. The Morgan fingerprint density at radius 2 is 2.23 bits per heavy atom. The molecule has 0 amide bonds. The van der Waals surface area contributed by atoms with Crippen LogP contribution in [0.1, 0.15) is 18.1 Å². The minimum Gasteiger partial charge on any atom is -0.316 e. The highest BCUT2D eigenvalue weighted by molar-refractivity contribution is 5.36. The van der Waals surface area contributed by atoms with E-state index in [0.717, 1.165) is 5.56 Å². The van der Waals surface area contributed by atoms with Gasteiger partial charge in [0.05, 0.1) is 0 Å². The Balaban J connectivity index is 2.96. The average molecular weight is 177 g/mol. The van der Waals surface area contributed by atoms with E-state index in [1.165, 1.54) is 6.07 Å². The SMILES string of the molecule is CC#Cc1ccc(CNC)c(F)c1. The maximum atomic E-state index is 13.3. The van der Waals surface area contributed by atoms with E-state index < -0.39 is 0 Å². The van der Waals surface area contributed by atoms with E-state index in [4.69, 9.17) is 0 Å². The van der Waals surface area contributed by atoms with Crippen molar-refractivity contribution < 1.29 is 4.39 Å². The molecular formula is C11H12FN. The fraction of sp³-hybridized carbons (Fsp3) is 0.273. The number of hydrogen-bond donors (Lipinski definition) is 1. The van der Waals surface area contributed by atoms with Crippen molar-refractivity contribution in [3.05, 3.63) is 35.1 Å². The Morgan fingerprint density at radius 3 is 2.77 bits per heavy atom. The molecule has 0 aliphatic carbocycles. The Kier molecular flexibility index (Phi) is 3.48. The van der Waals surface area contributed by atoms with Gasteiger partial charge in [0.25, 0.3) is 0 Å². The second kappa shape index (κ2) is 4.64. The number of hydrogen-bond acceptors (Lipinski definition) is 1. The molecule has 0 radical (unpaired) electrons. The minimum absolute atomic E-state index is 0.199. The molecule has 0 saturated heterocycles. The summed E-state index contributed by atoms with van der Waals surface area (Å²) in [5.41, 5.74) is 1.39. The molecule has 1 N–H and O–H groups in total. The van der Waals surface area contributed by atoms with Gasteiger partial charge in [-0.2, -0.15) is 0 Å². The average Bonchev–Trinajstić information content (AvgIpc) is 2.10. The summed E-state index contributed by atoms with van der Waals surface area (Å²) in [6.45, 7) is 2.28. The lowest BCUT2D eigenvalue weighted by Crippen LogP contribution is -2.06. The zero-order valence-electron chi connectivity index (χ0n) is 7.82. The number of benzene rings is 1. The molecule has 13 heavy (non-hydrogen) atoms. The van der Waals surface area contributed by atoms with Crippen molar-refractivity contribution in [3.8, 4) is 11.8 Å². The predicted octanol–water partition coefficient (Wildman–Crippen LogP) is 1.92. The van der Waals surface area contributed by atoms with Crippen LogP contribution in [0.2, 0.25) is 0 Å². The van der Waals surface area contributed by atoms with Crippen molar-refractivity contribution in [1.82, 2.24) is 5.32 Å². The first-order valence-electron chi connectivity index (χ1n) is 4.13. The first-order chi connectivity index (χ1) is 6.27. The zero-order valence-corrected chi connectivity index (χ0v) is 7.82. The van der Waals surface area contributed by atoms with E-state index in [-0.39, 0.29) is 5.82 Å². The van der Waals surface area contributed by atoms with Crippen LogP contribution in [-0.4, -0.2) is 7.05 Å². The van der Waals surface area contributed by atoms with Crippen molar-refractivity contribution in [1.29, 1.82) is 0 Å². The number of rotatable bonds is 2. The smallest absolute Gasteiger partial charge is 0.128 e. The molecule has 1 aromatic rings. The Hall–Kier alpha value is -1.33. The molecule has 0 fully saturated rings. The molecule has 0 saturated carbocycles. The van der Waals surface area contributed by atoms with Crippen LogP contribution in [0.4, 0.5) is 4.39 Å². The van der Waals surface area contributed by atoms with Gasteiger partial charge in [-0.3, -0.25) is 0 Å². The van der Waals surface area contributed by atoms with Crippen LogP contribution in [0.3, 0.4) is 0 Å². The molecule has 0 heterocycles. The highest BCUT2D eigenvalue weighted by Crippen LogP contribution is 2.09. The quantitative estimate of drug-likeness (QED) is 0.680. The summed E-state index contributed by atoms with van der Waals surface area (Å²) >= 11 is 0. The molecule has 2 heteroatoms. The monoisotopic (exact) mass is 177 g/mol. The maximum absolute atomic E-state index is 13.3. The van der Waals surface area contributed by atoms with Crippen LogP contribution in [0.25, 0.3) is 0 Å². The van der Waals surface area contributed by atoms with Crippen LogP contribution < -0.4 is 5.32 Å². The molecule has 0 unspecified atom stereocenters. The molecule has 1 nitrogen and oxygen atoms in total. The molecule has 0 atom stereocenters. The van der Waals surface area contributed by atoms with Crippen LogP contribution in [0.5, 0.6) is 0 Å². The van der Waals surface area contributed by atoms with E-state index in [1.54, 1.807) is 20.0 Å². The topological polar surface area (TPSA) is 12.0 Å². The molecule has 1 rings (SSSR count). The largest absolute Gasteiger partial charge is 0.316 e. The van der Waals surface area contributed by atoms with Gasteiger partial charge in [-0.05, 0) is 26.1 Å². The molecule has 68 valence electrons. The van der Waals surface area contributed by atoms with E-state index in [1.807, 2.05) is 6.07 Å². The van der Waals surface area contributed by atoms with E-state index in [2.05, 4.69) is 17.2 Å². The first kappa shape index (κ1) is 9.76. The Labute approximate surface area is 78.0 Å². The third kappa shape index (κ3) is 2.57. The third-order valence-electron chi connectivity index (χ3n) is 1.69. The summed E-state index contributed by atoms with van der Waals surface area (Å²) in [6, 6.07) is 5.04. The second-order valence-electron chi connectivity index (χ2n) is 2.71. The summed E-state index contributed by atoms with van der Waals surface area (Å²) < 4.78 is 13.3. The van der Waals surface area contributed by atoms with Gasteiger partial charge in [-0.25, -0.2) is 4.39 Å². The van der Waals surface area contributed by atoms with E-state index in [9.17, 15) is 4.39 Å². The fourth-order valence-corrected chi connectivity index (χ4v) is 1.10. The van der Waals surface area contributed by atoms with Gasteiger partial charge < -0.3 is 5.32 Å². The molecule has 0 bridgehead atoms. The predicted molar refractivity (Wildman–Crippen MR) is 51.7 cm³/mol. The van der Waals surface area contributed by atoms with E-state index in [0.29, 0.717) is 12.1 Å². The molecule has 0 aromatic heterocycles. The van der Waals surface area contributed by atoms with Crippen molar-refractivity contribution in [2.45, 2.75) is 13.5 Å². The van der Waals surface area contributed by atoms with Crippen molar-refractivity contribution in [2.75, 3.05) is 7.05 Å². The highest BCUT2D eigenvalue weighted by atomic mass is 19.1. The Morgan fingerprint density at radius 1 is 1.46 bits per heavy atom. The normalized spacial score (nSPS) is 9.15.